The van der Waals surface area contributed by atoms with E-state index in [1.165, 1.54) is 0 Å². The molecule has 30 heavy (non-hydrogen) atoms. The number of hydrogen-bond acceptors (Lipinski definition) is 3. The minimum Gasteiger partial charge on any atom is -0.494 e. The maximum atomic E-state index is 12.0. The lowest BCUT2D eigenvalue weighted by atomic mass is 9.90. The van der Waals surface area contributed by atoms with Gasteiger partial charge in [-0.15, -0.1) is 0 Å². The number of ether oxygens (including phenoxy) is 1. The van der Waals surface area contributed by atoms with E-state index in [1.807, 2.05) is 43.3 Å². The summed E-state index contributed by atoms with van der Waals surface area (Å²) in [5.74, 6) is 1.81. The van der Waals surface area contributed by atoms with Crippen LogP contribution in [0.4, 0.5) is 5.69 Å². The van der Waals surface area contributed by atoms with Crippen LogP contribution in [0.3, 0.4) is 0 Å². The molecule has 0 bridgehead atoms. The molecule has 0 radical (unpaired) electrons. The number of rotatable bonds is 9. The molecule has 0 aliphatic carbocycles. The van der Waals surface area contributed by atoms with Crippen molar-refractivity contribution in [3.63, 3.8) is 0 Å². The largest absolute Gasteiger partial charge is 0.494 e. The molecule has 0 saturated heterocycles. The highest BCUT2D eigenvalue weighted by Gasteiger charge is 2.24. The number of unbranched alkanes of at least 4 members (excludes halogenated alkanes) is 1. The van der Waals surface area contributed by atoms with E-state index in [9.17, 15) is 4.79 Å². The second-order valence-corrected chi connectivity index (χ2v) is 7.46. The van der Waals surface area contributed by atoms with Crippen LogP contribution in [-0.4, -0.2) is 31.6 Å². The highest BCUT2D eigenvalue weighted by molar-refractivity contribution is 5.94. The van der Waals surface area contributed by atoms with Crippen LogP contribution in [-0.2, 0) is 11.3 Å². The summed E-state index contributed by atoms with van der Waals surface area (Å²) in [6.45, 7) is 6.92. The molecule has 0 fully saturated rings. The summed E-state index contributed by atoms with van der Waals surface area (Å²) >= 11 is 0. The zero-order chi connectivity index (χ0) is 21.2. The number of fused-ring (bicyclic) bond motifs is 1. The number of nitrogens with one attached hydrogen (secondary N) is 3. The first-order valence-corrected chi connectivity index (χ1v) is 10.8. The second-order valence-electron chi connectivity index (χ2n) is 7.46. The third-order valence-electron chi connectivity index (χ3n) is 5.05. The molecule has 1 aliphatic rings. The minimum absolute atomic E-state index is 0.0577. The molecule has 3 rings (SSSR count). The highest BCUT2D eigenvalue weighted by atomic mass is 16.5. The predicted octanol–water partition coefficient (Wildman–Crippen LogP) is 4.05. The molecular weight excluding hydrogens is 376 g/mol. The van der Waals surface area contributed by atoms with E-state index in [0.717, 1.165) is 54.5 Å². The van der Waals surface area contributed by atoms with Gasteiger partial charge in [-0.3, -0.25) is 4.79 Å². The van der Waals surface area contributed by atoms with Crippen molar-refractivity contribution >= 4 is 17.6 Å². The molecule has 1 atom stereocenters. The third kappa shape index (κ3) is 6.24. The smallest absolute Gasteiger partial charge is 0.225 e. The Morgan fingerprint density at radius 3 is 2.87 bits per heavy atom. The molecule has 1 aliphatic heterocycles. The van der Waals surface area contributed by atoms with Gasteiger partial charge in [0.1, 0.15) is 5.75 Å². The van der Waals surface area contributed by atoms with Crippen LogP contribution >= 0.6 is 0 Å². The Balaban J connectivity index is 1.62. The molecule has 0 spiro atoms. The molecule has 1 heterocycles. The predicted molar refractivity (Wildman–Crippen MR) is 122 cm³/mol. The van der Waals surface area contributed by atoms with Crippen LogP contribution < -0.4 is 20.7 Å². The Kier molecular flexibility index (Phi) is 8.12. The summed E-state index contributed by atoms with van der Waals surface area (Å²) in [4.78, 5) is 16.8. The van der Waals surface area contributed by atoms with Crippen molar-refractivity contribution in [2.24, 2.45) is 4.99 Å². The Labute approximate surface area is 179 Å². The van der Waals surface area contributed by atoms with E-state index in [4.69, 9.17) is 9.73 Å². The number of guanidine groups is 1. The van der Waals surface area contributed by atoms with Gasteiger partial charge in [0.2, 0.25) is 5.91 Å². The van der Waals surface area contributed by atoms with E-state index >= 15 is 0 Å². The Hall–Kier alpha value is -3.02. The van der Waals surface area contributed by atoms with Crippen molar-refractivity contribution in [3.8, 4) is 5.75 Å². The maximum Gasteiger partial charge on any atom is 0.225 e. The van der Waals surface area contributed by atoms with Crippen molar-refractivity contribution in [1.82, 2.24) is 10.6 Å². The van der Waals surface area contributed by atoms with Gasteiger partial charge in [0.15, 0.2) is 5.96 Å². The van der Waals surface area contributed by atoms with Gasteiger partial charge in [-0.25, -0.2) is 4.99 Å². The number of amides is 1. The number of carbonyl (C=O) groups is 1. The fraction of sp³-hybridized carbons (Fsp3) is 0.417. The fourth-order valence-corrected chi connectivity index (χ4v) is 3.48. The Morgan fingerprint density at radius 2 is 2.03 bits per heavy atom. The van der Waals surface area contributed by atoms with Gasteiger partial charge >= 0.3 is 0 Å². The number of hydrogen-bond donors (Lipinski definition) is 3. The average Bonchev–Trinajstić information content (AvgIpc) is 2.76. The summed E-state index contributed by atoms with van der Waals surface area (Å²) < 4.78 is 5.79. The standard InChI is InChI=1S/C24H32N4O2/c1-3-5-13-30-20-10-8-9-18(14-20)16-26-24(25-4-2)27-17-19-15-23(29)28-22-12-7-6-11-21(19)22/h6-12,14,19H,3-5,13,15-17H2,1-2H3,(H,28,29)(H2,25,26,27). The molecule has 2 aromatic carbocycles. The summed E-state index contributed by atoms with van der Waals surface area (Å²) in [5, 5.41) is 9.65. The molecular formula is C24H32N4O2. The first-order chi connectivity index (χ1) is 14.7. The van der Waals surface area contributed by atoms with Crippen molar-refractivity contribution in [2.45, 2.75) is 45.6 Å². The highest BCUT2D eigenvalue weighted by Crippen LogP contribution is 2.31. The molecule has 6 nitrogen and oxygen atoms in total. The Morgan fingerprint density at radius 1 is 1.17 bits per heavy atom. The lowest BCUT2D eigenvalue weighted by molar-refractivity contribution is -0.116. The minimum atomic E-state index is 0.0577. The van der Waals surface area contributed by atoms with E-state index in [2.05, 4.69) is 35.0 Å². The van der Waals surface area contributed by atoms with Crippen molar-refractivity contribution in [3.05, 3.63) is 59.7 Å². The van der Waals surface area contributed by atoms with Gasteiger partial charge in [-0.05, 0) is 42.7 Å². The van der Waals surface area contributed by atoms with Crippen LogP contribution in [0.5, 0.6) is 5.75 Å². The van der Waals surface area contributed by atoms with Crippen molar-refractivity contribution < 1.29 is 9.53 Å². The summed E-state index contributed by atoms with van der Waals surface area (Å²) in [5.41, 5.74) is 3.17. The van der Waals surface area contributed by atoms with E-state index in [0.29, 0.717) is 19.5 Å². The van der Waals surface area contributed by atoms with Gasteiger partial charge in [-0.2, -0.15) is 0 Å². The van der Waals surface area contributed by atoms with Gasteiger partial charge < -0.3 is 20.7 Å². The van der Waals surface area contributed by atoms with Gasteiger partial charge in [0, 0.05) is 31.1 Å². The number of benzene rings is 2. The summed E-state index contributed by atoms with van der Waals surface area (Å²) in [7, 11) is 0. The van der Waals surface area contributed by atoms with E-state index in [1.54, 1.807) is 0 Å². The monoisotopic (exact) mass is 408 g/mol. The number of anilines is 1. The molecule has 1 amide bonds. The van der Waals surface area contributed by atoms with Crippen molar-refractivity contribution in [1.29, 1.82) is 0 Å². The number of nitrogens with zero attached hydrogens (tertiary/aromatic N) is 1. The zero-order valence-corrected chi connectivity index (χ0v) is 17.9. The number of aliphatic imine (C=N–C) groups is 1. The van der Waals surface area contributed by atoms with Gasteiger partial charge in [-0.1, -0.05) is 43.7 Å². The molecule has 0 saturated carbocycles. The topological polar surface area (TPSA) is 74.8 Å². The molecule has 3 N–H and O–H groups in total. The number of carbonyl (C=O) groups excluding carboxylic acids is 1. The van der Waals surface area contributed by atoms with Gasteiger partial charge in [0.05, 0.1) is 13.2 Å². The maximum absolute atomic E-state index is 12.0. The summed E-state index contributed by atoms with van der Waals surface area (Å²) in [6, 6.07) is 16.1. The first kappa shape index (κ1) is 21.7. The van der Waals surface area contributed by atoms with E-state index in [-0.39, 0.29) is 11.8 Å². The van der Waals surface area contributed by atoms with Crippen LogP contribution in [0.2, 0.25) is 0 Å². The van der Waals surface area contributed by atoms with Crippen molar-refractivity contribution in [2.75, 3.05) is 25.0 Å². The fourth-order valence-electron chi connectivity index (χ4n) is 3.48. The Bertz CT molecular complexity index is 866. The van der Waals surface area contributed by atoms with Crippen LogP contribution in [0.15, 0.2) is 53.5 Å². The average molecular weight is 409 g/mol. The lowest BCUT2D eigenvalue weighted by Crippen LogP contribution is -2.40. The quantitative estimate of drug-likeness (QED) is 0.332. The normalized spacial score (nSPS) is 15.9. The third-order valence-corrected chi connectivity index (χ3v) is 5.05. The second kappa shape index (κ2) is 11.2. The zero-order valence-electron chi connectivity index (χ0n) is 17.9. The SMILES string of the molecule is CCCCOc1cccc(CN=C(NCC)NCC2CC(=O)Nc3ccccc32)c1. The van der Waals surface area contributed by atoms with Crippen LogP contribution in [0, 0.1) is 0 Å². The molecule has 6 heteroatoms. The van der Waals surface area contributed by atoms with Crippen LogP contribution in [0.25, 0.3) is 0 Å². The molecule has 1 unspecified atom stereocenters. The van der Waals surface area contributed by atoms with E-state index < -0.39 is 0 Å². The molecule has 2 aromatic rings. The van der Waals surface area contributed by atoms with Gasteiger partial charge in [0.25, 0.3) is 0 Å². The molecule has 0 aromatic heterocycles. The lowest BCUT2D eigenvalue weighted by Gasteiger charge is -2.26. The van der Waals surface area contributed by atoms with Crippen LogP contribution in [0.1, 0.15) is 50.2 Å². The number of para-hydroxylation sites is 1. The molecule has 160 valence electrons. The summed E-state index contributed by atoms with van der Waals surface area (Å²) in [6.07, 6.45) is 2.65. The first-order valence-electron chi connectivity index (χ1n) is 10.8.